The molecule has 2 fully saturated rings. The highest BCUT2D eigenvalue weighted by Gasteiger charge is 2.52. The Morgan fingerprint density at radius 2 is 2.25 bits per heavy atom. The van der Waals surface area contributed by atoms with Crippen molar-refractivity contribution >= 4 is 29.5 Å². The van der Waals surface area contributed by atoms with Gasteiger partial charge in [-0.1, -0.05) is 12.1 Å². The number of thioether (sulfide) groups is 1. The topological polar surface area (TPSA) is 86.7 Å². The summed E-state index contributed by atoms with van der Waals surface area (Å²) in [5.41, 5.74) is 1.10. The molecule has 2 aliphatic heterocycles. The smallest absolute Gasteiger partial charge is 0.335 e. The predicted octanol–water partition coefficient (Wildman–Crippen LogP) is 1.50. The molecule has 0 radical (unpaired) electrons. The van der Waals surface area contributed by atoms with Gasteiger partial charge in [-0.3, -0.25) is 9.59 Å². The van der Waals surface area contributed by atoms with Crippen molar-refractivity contribution in [3.8, 4) is 0 Å². The fraction of sp³-hybridized carbons (Fsp3) is 0.471. The van der Waals surface area contributed by atoms with Crippen LogP contribution in [0.1, 0.15) is 35.7 Å². The number of aromatic carboxylic acids is 1. The van der Waals surface area contributed by atoms with Gasteiger partial charge in [0.15, 0.2) is 0 Å². The van der Waals surface area contributed by atoms with Crippen LogP contribution in [0.3, 0.4) is 0 Å². The third-order valence-corrected chi connectivity index (χ3v) is 6.14. The lowest BCUT2D eigenvalue weighted by Gasteiger charge is -2.29. The molecule has 0 aliphatic carbocycles. The Hall–Kier alpha value is -2.02. The van der Waals surface area contributed by atoms with E-state index in [1.165, 1.54) is 0 Å². The number of carbonyl (C=O) groups excluding carboxylic acids is 2. The molecular weight excluding hydrogens is 328 g/mol. The summed E-state index contributed by atoms with van der Waals surface area (Å²) in [5.74, 6) is -0.411. The average Bonchev–Trinajstić information content (AvgIpc) is 3.04. The summed E-state index contributed by atoms with van der Waals surface area (Å²) in [6, 6.07) is 6.29. The second-order valence-corrected chi connectivity index (χ2v) is 7.81. The zero-order valence-corrected chi connectivity index (χ0v) is 14.3. The maximum absolute atomic E-state index is 12.4. The molecule has 2 atom stereocenters. The molecule has 3 rings (SSSR count). The molecule has 0 aromatic heterocycles. The van der Waals surface area contributed by atoms with E-state index < -0.39 is 12.0 Å². The third kappa shape index (κ3) is 3.13. The van der Waals surface area contributed by atoms with Crippen LogP contribution < -0.4 is 5.32 Å². The fourth-order valence-corrected chi connectivity index (χ4v) is 4.75. The SMILES string of the molecule is C[C@]12CCC(=O)N1[C@H](C(=O)NCCc1cccc(C(=O)O)c1)CS2. The lowest BCUT2D eigenvalue weighted by atomic mass is 10.1. The Morgan fingerprint density at radius 3 is 3.00 bits per heavy atom. The van der Waals surface area contributed by atoms with Crippen molar-refractivity contribution in [3.05, 3.63) is 35.4 Å². The highest BCUT2D eigenvalue weighted by molar-refractivity contribution is 8.01. The second kappa shape index (κ2) is 6.47. The molecule has 7 heteroatoms. The Balaban J connectivity index is 1.56. The standard InChI is InChI=1S/C17H20N2O4S/c1-17-7-5-14(20)19(17)13(10-24-17)15(21)18-8-6-11-3-2-4-12(9-11)16(22)23/h2-4,9,13H,5-8,10H2,1H3,(H,18,21)(H,22,23)/t13-,17-/m0/s1. The first-order chi connectivity index (χ1) is 11.4. The number of carboxylic acids is 1. The van der Waals surface area contributed by atoms with Gasteiger partial charge in [-0.05, 0) is 37.5 Å². The molecule has 0 bridgehead atoms. The Bertz CT molecular complexity index is 693. The molecule has 0 unspecified atom stereocenters. The molecule has 6 nitrogen and oxygen atoms in total. The van der Waals surface area contributed by atoms with Crippen LogP contribution in [-0.4, -0.2) is 51.0 Å². The van der Waals surface area contributed by atoms with E-state index in [0.29, 0.717) is 25.1 Å². The van der Waals surface area contributed by atoms with Crippen LogP contribution in [0.4, 0.5) is 0 Å². The molecule has 2 saturated heterocycles. The molecule has 24 heavy (non-hydrogen) atoms. The van der Waals surface area contributed by atoms with E-state index in [2.05, 4.69) is 5.32 Å². The first-order valence-corrected chi connectivity index (χ1v) is 8.95. The summed E-state index contributed by atoms with van der Waals surface area (Å²) in [6.07, 6.45) is 1.86. The van der Waals surface area contributed by atoms with Crippen LogP contribution in [0, 0.1) is 0 Å². The minimum absolute atomic E-state index is 0.0526. The van der Waals surface area contributed by atoms with Gasteiger partial charge in [-0.25, -0.2) is 4.79 Å². The molecule has 2 heterocycles. The van der Waals surface area contributed by atoms with E-state index in [-0.39, 0.29) is 22.2 Å². The van der Waals surface area contributed by atoms with Gasteiger partial charge in [-0.15, -0.1) is 11.8 Å². The fourth-order valence-electron chi connectivity index (χ4n) is 3.32. The highest BCUT2D eigenvalue weighted by Crippen LogP contribution is 2.47. The summed E-state index contributed by atoms with van der Waals surface area (Å²) in [7, 11) is 0. The van der Waals surface area contributed by atoms with E-state index in [1.54, 1.807) is 34.9 Å². The van der Waals surface area contributed by atoms with Gasteiger partial charge in [0, 0.05) is 18.7 Å². The summed E-state index contributed by atoms with van der Waals surface area (Å²) in [5, 5.41) is 11.9. The van der Waals surface area contributed by atoms with Crippen LogP contribution in [0.2, 0.25) is 0 Å². The van der Waals surface area contributed by atoms with Crippen molar-refractivity contribution in [2.45, 2.75) is 37.1 Å². The Kier molecular flexibility index (Phi) is 4.54. The number of rotatable bonds is 5. The van der Waals surface area contributed by atoms with Crippen molar-refractivity contribution in [1.29, 1.82) is 0 Å². The monoisotopic (exact) mass is 348 g/mol. The Labute approximate surface area is 144 Å². The molecule has 1 aromatic carbocycles. The number of benzene rings is 1. The van der Waals surface area contributed by atoms with Crippen LogP contribution in [-0.2, 0) is 16.0 Å². The first kappa shape index (κ1) is 16.8. The zero-order chi connectivity index (χ0) is 17.3. The molecule has 2 aliphatic rings. The lowest BCUT2D eigenvalue weighted by molar-refractivity contribution is -0.137. The summed E-state index contributed by atoms with van der Waals surface area (Å²) in [6.45, 7) is 2.44. The quantitative estimate of drug-likeness (QED) is 0.842. The van der Waals surface area contributed by atoms with Gasteiger partial charge in [0.2, 0.25) is 11.8 Å². The number of carbonyl (C=O) groups is 3. The summed E-state index contributed by atoms with van der Waals surface area (Å²) in [4.78, 5) is 36.9. The van der Waals surface area contributed by atoms with E-state index in [0.717, 1.165) is 12.0 Å². The first-order valence-electron chi connectivity index (χ1n) is 7.97. The normalized spacial score (nSPS) is 25.6. The maximum atomic E-state index is 12.4. The van der Waals surface area contributed by atoms with E-state index in [9.17, 15) is 14.4 Å². The molecule has 2 N–H and O–H groups in total. The lowest BCUT2D eigenvalue weighted by Crippen LogP contribution is -2.50. The van der Waals surface area contributed by atoms with Crippen molar-refractivity contribution in [3.63, 3.8) is 0 Å². The number of fused-ring (bicyclic) bond motifs is 1. The van der Waals surface area contributed by atoms with Crippen molar-refractivity contribution in [2.24, 2.45) is 0 Å². The van der Waals surface area contributed by atoms with Gasteiger partial charge in [-0.2, -0.15) is 0 Å². The number of hydrogen-bond donors (Lipinski definition) is 2. The van der Waals surface area contributed by atoms with E-state index in [4.69, 9.17) is 5.11 Å². The Morgan fingerprint density at radius 1 is 1.46 bits per heavy atom. The molecular formula is C17H20N2O4S. The summed E-state index contributed by atoms with van der Waals surface area (Å²) < 4.78 is 0. The molecule has 2 amide bonds. The van der Waals surface area contributed by atoms with Gasteiger partial charge in [0.1, 0.15) is 6.04 Å². The van der Waals surface area contributed by atoms with Gasteiger partial charge < -0.3 is 15.3 Å². The van der Waals surface area contributed by atoms with Gasteiger partial charge >= 0.3 is 5.97 Å². The summed E-state index contributed by atoms with van der Waals surface area (Å²) >= 11 is 1.67. The molecule has 0 saturated carbocycles. The second-order valence-electron chi connectivity index (χ2n) is 6.31. The number of nitrogens with zero attached hydrogens (tertiary/aromatic N) is 1. The van der Waals surface area contributed by atoms with Crippen LogP contribution in [0.5, 0.6) is 0 Å². The average molecular weight is 348 g/mol. The number of amides is 2. The van der Waals surface area contributed by atoms with Crippen LogP contribution in [0.15, 0.2) is 24.3 Å². The van der Waals surface area contributed by atoms with E-state index in [1.807, 2.05) is 13.0 Å². The highest BCUT2D eigenvalue weighted by atomic mass is 32.2. The van der Waals surface area contributed by atoms with Crippen molar-refractivity contribution < 1.29 is 19.5 Å². The third-order valence-electron chi connectivity index (χ3n) is 4.63. The maximum Gasteiger partial charge on any atom is 0.335 e. The molecule has 128 valence electrons. The van der Waals surface area contributed by atoms with Gasteiger partial charge in [0.25, 0.3) is 0 Å². The number of nitrogens with one attached hydrogen (secondary N) is 1. The number of hydrogen-bond acceptors (Lipinski definition) is 4. The largest absolute Gasteiger partial charge is 0.478 e. The minimum Gasteiger partial charge on any atom is -0.478 e. The molecule has 0 spiro atoms. The zero-order valence-electron chi connectivity index (χ0n) is 13.4. The van der Waals surface area contributed by atoms with Gasteiger partial charge in [0.05, 0.1) is 10.4 Å². The minimum atomic E-state index is -0.962. The van der Waals surface area contributed by atoms with Crippen molar-refractivity contribution in [1.82, 2.24) is 10.2 Å². The number of carboxylic acid groups (broad SMARTS) is 1. The van der Waals surface area contributed by atoms with Crippen molar-refractivity contribution in [2.75, 3.05) is 12.3 Å². The van der Waals surface area contributed by atoms with Crippen LogP contribution >= 0.6 is 11.8 Å². The van der Waals surface area contributed by atoms with Crippen LogP contribution in [0.25, 0.3) is 0 Å². The molecule has 1 aromatic rings. The van der Waals surface area contributed by atoms with E-state index >= 15 is 0 Å². The predicted molar refractivity (Wildman–Crippen MR) is 90.8 cm³/mol.